The van der Waals surface area contributed by atoms with Crippen LogP contribution in [0.1, 0.15) is 33.7 Å². The zero-order valence-electron chi connectivity index (χ0n) is 17.1. The minimum atomic E-state index is -3.59. The molecule has 2 amide bonds. The average molecular weight is 468 g/mol. The quantitative estimate of drug-likeness (QED) is 0.506. The monoisotopic (exact) mass is 467 g/mol. The van der Waals surface area contributed by atoms with Gasteiger partial charge in [-0.2, -0.15) is 0 Å². The number of benzene rings is 1. The molecule has 2 aromatic rings. The fourth-order valence-corrected chi connectivity index (χ4v) is 3.37. The van der Waals surface area contributed by atoms with Gasteiger partial charge < -0.3 is 10.6 Å². The molecule has 0 radical (unpaired) electrons. The SMILES string of the molecule is CONC(=O)c1cnc(C(=O)NC2CC2)cc1Nc1ccc(Cl)cc1N(C)S(C)(=O)=O. The van der Waals surface area contributed by atoms with Crippen molar-refractivity contribution < 1.29 is 22.8 Å². The van der Waals surface area contributed by atoms with Gasteiger partial charge in [-0.3, -0.25) is 23.7 Å². The lowest BCUT2D eigenvalue weighted by atomic mass is 10.1. The van der Waals surface area contributed by atoms with Gasteiger partial charge >= 0.3 is 0 Å². The van der Waals surface area contributed by atoms with Gasteiger partial charge in [0, 0.05) is 24.3 Å². The summed E-state index contributed by atoms with van der Waals surface area (Å²) in [6.45, 7) is 0. The maximum absolute atomic E-state index is 12.4. The molecule has 0 unspecified atom stereocenters. The van der Waals surface area contributed by atoms with E-state index in [1.165, 1.54) is 32.5 Å². The molecule has 1 aliphatic carbocycles. The lowest BCUT2D eigenvalue weighted by Crippen LogP contribution is -2.28. The Morgan fingerprint density at radius 1 is 1.19 bits per heavy atom. The fraction of sp³-hybridized carbons (Fsp3) is 0.316. The van der Waals surface area contributed by atoms with Crippen LogP contribution in [0.2, 0.25) is 5.02 Å². The number of hydrogen-bond acceptors (Lipinski definition) is 7. The molecule has 0 bridgehead atoms. The first-order valence-electron chi connectivity index (χ1n) is 9.25. The molecule has 10 nitrogen and oxygen atoms in total. The number of nitrogens with one attached hydrogen (secondary N) is 3. The minimum Gasteiger partial charge on any atom is -0.353 e. The number of carbonyl (C=O) groups is 2. The summed E-state index contributed by atoms with van der Waals surface area (Å²) in [4.78, 5) is 33.6. The number of sulfonamides is 1. The molecule has 0 atom stereocenters. The van der Waals surface area contributed by atoms with E-state index in [-0.39, 0.29) is 34.6 Å². The van der Waals surface area contributed by atoms with Crippen LogP contribution in [0.3, 0.4) is 0 Å². The molecule has 3 N–H and O–H groups in total. The van der Waals surface area contributed by atoms with Crippen molar-refractivity contribution in [3.05, 3.63) is 46.7 Å². The van der Waals surface area contributed by atoms with E-state index < -0.39 is 15.9 Å². The van der Waals surface area contributed by atoms with E-state index in [4.69, 9.17) is 11.6 Å². The first kappa shape index (κ1) is 22.8. The van der Waals surface area contributed by atoms with Crippen molar-refractivity contribution in [3.63, 3.8) is 0 Å². The largest absolute Gasteiger partial charge is 0.353 e. The standard InChI is InChI=1S/C19H22ClN5O5S/c1-25(31(3,28)29)17-8-11(20)4-7-14(17)23-15-9-16(19(27)22-12-5-6-12)21-10-13(15)18(26)24-30-2/h4,7-10,12H,5-6H2,1-3H3,(H,21,23)(H,22,27)(H,24,26). The Hall–Kier alpha value is -2.89. The van der Waals surface area contributed by atoms with Gasteiger partial charge in [-0.1, -0.05) is 11.6 Å². The van der Waals surface area contributed by atoms with Crippen LogP contribution in [-0.2, 0) is 14.9 Å². The van der Waals surface area contributed by atoms with E-state index in [2.05, 4.69) is 25.9 Å². The number of halogens is 1. The Kier molecular flexibility index (Phi) is 6.68. The molecule has 1 fully saturated rings. The van der Waals surface area contributed by atoms with Gasteiger partial charge in [0.05, 0.1) is 36.0 Å². The van der Waals surface area contributed by atoms with E-state index in [9.17, 15) is 18.0 Å². The van der Waals surface area contributed by atoms with E-state index in [0.29, 0.717) is 10.7 Å². The van der Waals surface area contributed by atoms with Crippen LogP contribution in [0.15, 0.2) is 30.5 Å². The molecule has 31 heavy (non-hydrogen) atoms. The van der Waals surface area contributed by atoms with E-state index in [1.54, 1.807) is 12.1 Å². The summed E-state index contributed by atoms with van der Waals surface area (Å²) in [5, 5.41) is 6.18. The number of hydrogen-bond donors (Lipinski definition) is 3. The molecule has 166 valence electrons. The van der Waals surface area contributed by atoms with Crippen molar-refractivity contribution in [2.24, 2.45) is 0 Å². The summed E-state index contributed by atoms with van der Waals surface area (Å²) < 4.78 is 25.2. The molecule has 1 aliphatic rings. The maximum Gasteiger partial charge on any atom is 0.278 e. The Bertz CT molecular complexity index is 1120. The molecule has 12 heteroatoms. The zero-order chi connectivity index (χ0) is 22.8. The van der Waals surface area contributed by atoms with Crippen LogP contribution < -0.4 is 20.4 Å². The molecule has 0 spiro atoms. The van der Waals surface area contributed by atoms with E-state index in [1.807, 2.05) is 0 Å². The van der Waals surface area contributed by atoms with E-state index in [0.717, 1.165) is 23.4 Å². The molecule has 3 rings (SSSR count). The lowest BCUT2D eigenvalue weighted by Gasteiger charge is -2.22. The minimum absolute atomic E-state index is 0.0905. The third-order valence-corrected chi connectivity index (χ3v) is 5.98. The molecule has 1 saturated carbocycles. The fourth-order valence-electron chi connectivity index (χ4n) is 2.69. The third-order valence-electron chi connectivity index (χ3n) is 4.55. The second-order valence-electron chi connectivity index (χ2n) is 7.02. The molecule has 0 saturated heterocycles. The van der Waals surface area contributed by atoms with Crippen LogP contribution in [0.5, 0.6) is 0 Å². The summed E-state index contributed by atoms with van der Waals surface area (Å²) in [5.74, 6) is -0.965. The number of nitrogens with zero attached hydrogens (tertiary/aromatic N) is 2. The number of aromatic nitrogens is 1. The topological polar surface area (TPSA) is 130 Å². The second kappa shape index (κ2) is 9.08. The molecule has 1 heterocycles. The average Bonchev–Trinajstić information content (AvgIpc) is 3.52. The highest BCUT2D eigenvalue weighted by Crippen LogP contribution is 2.33. The predicted octanol–water partition coefficient (Wildman–Crippen LogP) is 2.06. The first-order chi connectivity index (χ1) is 14.6. The summed E-state index contributed by atoms with van der Waals surface area (Å²) in [6.07, 6.45) is 4.13. The number of anilines is 3. The van der Waals surface area contributed by atoms with Crippen LogP contribution >= 0.6 is 11.6 Å². The Morgan fingerprint density at radius 3 is 2.52 bits per heavy atom. The predicted molar refractivity (Wildman–Crippen MR) is 117 cm³/mol. The molecular formula is C19H22ClN5O5S. The zero-order valence-corrected chi connectivity index (χ0v) is 18.7. The molecule has 1 aromatic heterocycles. The van der Waals surface area contributed by atoms with Gasteiger partial charge in [0.1, 0.15) is 5.69 Å². The number of hydroxylamine groups is 1. The number of carbonyl (C=O) groups excluding carboxylic acids is 2. The van der Waals surface area contributed by atoms with Gasteiger partial charge in [-0.05, 0) is 37.1 Å². The highest BCUT2D eigenvalue weighted by Gasteiger charge is 2.25. The van der Waals surface area contributed by atoms with Crippen molar-refractivity contribution in [2.75, 3.05) is 30.0 Å². The van der Waals surface area contributed by atoms with Gasteiger partial charge in [-0.15, -0.1) is 0 Å². The number of pyridine rings is 1. The second-order valence-corrected chi connectivity index (χ2v) is 9.47. The van der Waals surface area contributed by atoms with E-state index >= 15 is 0 Å². The summed E-state index contributed by atoms with van der Waals surface area (Å²) in [7, 11) is -0.925. The highest BCUT2D eigenvalue weighted by molar-refractivity contribution is 7.92. The van der Waals surface area contributed by atoms with Crippen molar-refractivity contribution >= 4 is 50.5 Å². The number of amides is 2. The van der Waals surface area contributed by atoms with Crippen molar-refractivity contribution in [1.82, 2.24) is 15.8 Å². The van der Waals surface area contributed by atoms with Crippen molar-refractivity contribution in [2.45, 2.75) is 18.9 Å². The van der Waals surface area contributed by atoms with Crippen LogP contribution in [0, 0.1) is 0 Å². The van der Waals surface area contributed by atoms with Gasteiger partial charge in [0.25, 0.3) is 11.8 Å². The molecule has 1 aromatic carbocycles. The van der Waals surface area contributed by atoms with Gasteiger partial charge in [-0.25, -0.2) is 13.9 Å². The van der Waals surface area contributed by atoms with Gasteiger partial charge in [0.2, 0.25) is 10.0 Å². The first-order valence-corrected chi connectivity index (χ1v) is 11.5. The van der Waals surface area contributed by atoms with Gasteiger partial charge in [0.15, 0.2) is 0 Å². The number of rotatable bonds is 8. The summed E-state index contributed by atoms with van der Waals surface area (Å²) in [5.41, 5.74) is 3.24. The Balaban J connectivity index is 2.04. The smallest absolute Gasteiger partial charge is 0.278 e. The molecular weight excluding hydrogens is 446 g/mol. The molecule has 0 aliphatic heterocycles. The van der Waals surface area contributed by atoms with Crippen molar-refractivity contribution in [1.29, 1.82) is 0 Å². The lowest BCUT2D eigenvalue weighted by molar-refractivity contribution is 0.0538. The van der Waals surface area contributed by atoms with Crippen LogP contribution in [0.4, 0.5) is 17.1 Å². The Morgan fingerprint density at radius 2 is 1.90 bits per heavy atom. The van der Waals surface area contributed by atoms with Crippen LogP contribution in [-0.4, -0.2) is 51.7 Å². The summed E-state index contributed by atoms with van der Waals surface area (Å²) >= 11 is 6.07. The third kappa shape index (κ3) is 5.63. The highest BCUT2D eigenvalue weighted by atomic mass is 35.5. The Labute approximate surface area is 184 Å². The van der Waals surface area contributed by atoms with Crippen LogP contribution in [0.25, 0.3) is 0 Å². The maximum atomic E-state index is 12.4. The summed E-state index contributed by atoms with van der Waals surface area (Å²) in [6, 6.07) is 6.17. The normalized spacial score (nSPS) is 13.4. The van der Waals surface area contributed by atoms with Crippen molar-refractivity contribution in [3.8, 4) is 0 Å².